The fourth-order valence-electron chi connectivity index (χ4n) is 2.99. The summed E-state index contributed by atoms with van der Waals surface area (Å²) in [5, 5.41) is 11.0. The molecule has 0 spiro atoms. The van der Waals surface area contributed by atoms with Crippen LogP contribution in [-0.4, -0.2) is 63.0 Å². The first-order valence-electron chi connectivity index (χ1n) is 10.2. The van der Waals surface area contributed by atoms with Crippen LogP contribution in [0.5, 0.6) is 0 Å². The van der Waals surface area contributed by atoms with Crippen LogP contribution in [0.1, 0.15) is 26.2 Å². The van der Waals surface area contributed by atoms with Crippen molar-refractivity contribution in [2.24, 2.45) is 4.99 Å². The fourth-order valence-corrected chi connectivity index (χ4v) is 3.88. The third-order valence-electron chi connectivity index (χ3n) is 4.38. The average molecular weight is 533 g/mol. The zero-order valence-electron chi connectivity index (χ0n) is 17.0. The molecular formula is C20H32IN5O2S. The highest BCUT2D eigenvalue weighted by atomic mass is 127. The Balaban J connectivity index is 0.00000300. The second-order valence-corrected chi connectivity index (χ2v) is 7.70. The highest BCUT2D eigenvalue weighted by molar-refractivity contribution is 14.0. The number of ether oxygens (including phenoxy) is 2. The Morgan fingerprint density at radius 1 is 1.31 bits per heavy atom. The van der Waals surface area contributed by atoms with Crippen LogP contribution in [0.4, 0.5) is 5.13 Å². The van der Waals surface area contributed by atoms with Gasteiger partial charge in [0.1, 0.15) is 0 Å². The lowest BCUT2D eigenvalue weighted by atomic mass is 10.2. The van der Waals surface area contributed by atoms with Crippen LogP contribution in [0.2, 0.25) is 0 Å². The quantitative estimate of drug-likeness (QED) is 0.178. The topological polar surface area (TPSA) is 79.8 Å². The molecule has 0 amide bonds. The summed E-state index contributed by atoms with van der Waals surface area (Å²) in [4.78, 5) is 9.19. The first-order chi connectivity index (χ1) is 13.8. The van der Waals surface area contributed by atoms with Crippen LogP contribution in [0, 0.1) is 0 Å². The van der Waals surface area contributed by atoms with Crippen LogP contribution in [-0.2, 0) is 9.47 Å². The summed E-state index contributed by atoms with van der Waals surface area (Å²) < 4.78 is 12.4. The molecule has 1 aliphatic rings. The third-order valence-corrected chi connectivity index (χ3v) is 5.37. The number of nitrogens with zero attached hydrogens (tertiary/aromatic N) is 2. The Labute approximate surface area is 194 Å². The molecule has 0 saturated carbocycles. The number of guanidine groups is 1. The molecule has 7 nitrogen and oxygen atoms in total. The maximum Gasteiger partial charge on any atom is 0.191 e. The van der Waals surface area contributed by atoms with E-state index < -0.39 is 0 Å². The molecule has 1 unspecified atom stereocenters. The number of hydrogen-bond acceptors (Lipinski definition) is 6. The molecule has 1 aliphatic heterocycles. The van der Waals surface area contributed by atoms with Crippen molar-refractivity contribution in [3.05, 3.63) is 24.3 Å². The Hall–Kier alpha value is -1.17. The zero-order valence-corrected chi connectivity index (χ0v) is 20.1. The van der Waals surface area contributed by atoms with E-state index in [1.807, 2.05) is 18.2 Å². The fraction of sp³-hybridized carbons (Fsp3) is 0.600. The van der Waals surface area contributed by atoms with Gasteiger partial charge in [-0.05, 0) is 38.3 Å². The van der Waals surface area contributed by atoms with Crippen LogP contribution in [0.3, 0.4) is 0 Å². The molecule has 0 aliphatic carbocycles. The molecule has 9 heteroatoms. The van der Waals surface area contributed by atoms with Gasteiger partial charge in [-0.15, -0.1) is 24.0 Å². The summed E-state index contributed by atoms with van der Waals surface area (Å²) in [5.41, 5.74) is 1.04. The van der Waals surface area contributed by atoms with Crippen molar-refractivity contribution in [3.8, 4) is 0 Å². The van der Waals surface area contributed by atoms with Crippen LogP contribution < -0.4 is 16.0 Å². The summed E-state index contributed by atoms with van der Waals surface area (Å²) in [7, 11) is 0. The minimum absolute atomic E-state index is 0. The molecule has 29 heavy (non-hydrogen) atoms. The van der Waals surface area contributed by atoms with E-state index in [1.165, 1.54) is 4.70 Å². The molecule has 1 atom stereocenters. The molecule has 0 bridgehead atoms. The first kappa shape index (κ1) is 24.1. The second kappa shape index (κ2) is 13.9. The van der Waals surface area contributed by atoms with Crippen LogP contribution in [0.15, 0.2) is 29.3 Å². The minimum Gasteiger partial charge on any atom is -0.379 e. The Morgan fingerprint density at radius 2 is 2.21 bits per heavy atom. The van der Waals surface area contributed by atoms with Gasteiger partial charge in [0.05, 0.1) is 22.9 Å². The largest absolute Gasteiger partial charge is 0.379 e. The lowest BCUT2D eigenvalue weighted by Gasteiger charge is -2.12. The number of benzene rings is 1. The van der Waals surface area contributed by atoms with E-state index >= 15 is 0 Å². The maximum absolute atomic E-state index is 5.68. The smallest absolute Gasteiger partial charge is 0.191 e. The third kappa shape index (κ3) is 8.61. The van der Waals surface area contributed by atoms with Gasteiger partial charge in [0, 0.05) is 39.4 Å². The predicted octanol–water partition coefficient (Wildman–Crippen LogP) is 3.47. The number of anilines is 1. The highest BCUT2D eigenvalue weighted by Crippen LogP contribution is 2.24. The molecule has 1 aromatic carbocycles. The molecule has 2 heterocycles. The van der Waals surface area contributed by atoms with Gasteiger partial charge in [-0.3, -0.25) is 4.99 Å². The molecule has 3 rings (SSSR count). The van der Waals surface area contributed by atoms with Crippen molar-refractivity contribution in [3.63, 3.8) is 0 Å². The van der Waals surface area contributed by atoms with Gasteiger partial charge < -0.3 is 25.4 Å². The van der Waals surface area contributed by atoms with E-state index in [-0.39, 0.29) is 24.0 Å². The SMILES string of the molecule is CCNC(=NCCCOCC1CCCO1)NCCNc1nc2ccccc2s1.I. The van der Waals surface area contributed by atoms with Gasteiger partial charge in [0.25, 0.3) is 0 Å². The van der Waals surface area contributed by atoms with E-state index in [4.69, 9.17) is 9.47 Å². The number of aliphatic imine (C=N–C) groups is 1. The standard InChI is InChI=1S/C20H31N5O2S.HI/c1-2-21-19(22-10-6-13-26-15-16-7-5-14-27-16)23-11-12-24-20-25-17-8-3-4-9-18(17)28-20;/h3-4,8-9,16H,2,5-7,10-15H2,1H3,(H,24,25)(H2,21,22,23);1H. The molecule has 162 valence electrons. The van der Waals surface area contributed by atoms with Gasteiger partial charge in [0.2, 0.25) is 0 Å². The number of hydrogen-bond donors (Lipinski definition) is 3. The first-order valence-corrected chi connectivity index (χ1v) is 11.0. The Kier molecular flexibility index (Phi) is 11.6. The monoisotopic (exact) mass is 533 g/mol. The van der Waals surface area contributed by atoms with E-state index in [0.717, 1.165) is 75.3 Å². The number of thiazole rings is 1. The van der Waals surface area contributed by atoms with Crippen molar-refractivity contribution in [1.82, 2.24) is 15.6 Å². The van der Waals surface area contributed by atoms with E-state index in [9.17, 15) is 0 Å². The highest BCUT2D eigenvalue weighted by Gasteiger charge is 2.14. The maximum atomic E-state index is 5.68. The summed E-state index contributed by atoms with van der Waals surface area (Å²) in [6.07, 6.45) is 3.49. The van der Waals surface area contributed by atoms with E-state index in [0.29, 0.717) is 12.7 Å². The number of aromatic nitrogens is 1. The predicted molar refractivity (Wildman–Crippen MR) is 132 cm³/mol. The van der Waals surface area contributed by atoms with Crippen LogP contribution in [0.25, 0.3) is 10.2 Å². The van der Waals surface area contributed by atoms with Gasteiger partial charge in [-0.25, -0.2) is 4.98 Å². The van der Waals surface area contributed by atoms with Crippen molar-refractivity contribution in [2.45, 2.75) is 32.3 Å². The molecule has 2 aromatic rings. The summed E-state index contributed by atoms with van der Waals surface area (Å²) in [6, 6.07) is 8.19. The van der Waals surface area contributed by atoms with Gasteiger partial charge in [-0.2, -0.15) is 0 Å². The molecule has 3 N–H and O–H groups in total. The number of nitrogens with one attached hydrogen (secondary N) is 3. The van der Waals surface area contributed by atoms with Crippen molar-refractivity contribution < 1.29 is 9.47 Å². The number of rotatable bonds is 11. The minimum atomic E-state index is 0. The number of para-hydroxylation sites is 1. The number of halogens is 1. The lowest BCUT2D eigenvalue weighted by molar-refractivity contribution is 0.0171. The van der Waals surface area contributed by atoms with Gasteiger partial charge in [-0.1, -0.05) is 23.5 Å². The number of fused-ring (bicyclic) bond motifs is 1. The molecule has 1 saturated heterocycles. The molecular weight excluding hydrogens is 501 g/mol. The summed E-state index contributed by atoms with van der Waals surface area (Å²) >= 11 is 1.68. The molecule has 1 aromatic heterocycles. The second-order valence-electron chi connectivity index (χ2n) is 6.66. The normalized spacial score (nSPS) is 16.6. The van der Waals surface area contributed by atoms with Crippen molar-refractivity contribution >= 4 is 56.6 Å². The van der Waals surface area contributed by atoms with E-state index in [2.05, 4.69) is 38.9 Å². The van der Waals surface area contributed by atoms with Gasteiger partial charge >= 0.3 is 0 Å². The molecule has 1 fully saturated rings. The average Bonchev–Trinajstić information content (AvgIpc) is 3.36. The Bertz CT molecular complexity index is 703. The zero-order chi connectivity index (χ0) is 19.4. The van der Waals surface area contributed by atoms with Crippen molar-refractivity contribution in [2.75, 3.05) is 51.3 Å². The van der Waals surface area contributed by atoms with Crippen molar-refractivity contribution in [1.29, 1.82) is 0 Å². The van der Waals surface area contributed by atoms with Gasteiger partial charge in [0.15, 0.2) is 11.1 Å². The van der Waals surface area contributed by atoms with E-state index in [1.54, 1.807) is 11.3 Å². The Morgan fingerprint density at radius 3 is 3.00 bits per heavy atom. The summed E-state index contributed by atoms with van der Waals surface area (Å²) in [5.74, 6) is 0.840. The summed E-state index contributed by atoms with van der Waals surface area (Å²) in [6.45, 7) is 7.53. The van der Waals surface area contributed by atoms with Crippen LogP contribution >= 0.6 is 35.3 Å². The lowest BCUT2D eigenvalue weighted by Crippen LogP contribution is -2.39. The molecule has 0 radical (unpaired) electrons.